The van der Waals surface area contributed by atoms with Crippen LogP contribution in [0.1, 0.15) is 32.6 Å². The molecule has 1 N–H and O–H groups in total. The Bertz CT molecular complexity index is 505. The molecule has 114 valence electrons. The van der Waals surface area contributed by atoms with E-state index in [2.05, 4.69) is 12.2 Å². The molecule has 0 radical (unpaired) electrons. The first kappa shape index (κ1) is 15.9. The largest absolute Gasteiger partial charge is 0.355 e. The molecule has 0 spiro atoms. The number of carbonyl (C=O) groups is 2. The first-order valence-electron chi connectivity index (χ1n) is 7.51. The number of unbranched alkanes of at least 4 members (excludes halogenated alkanes) is 3. The molecule has 0 aromatic heterocycles. The summed E-state index contributed by atoms with van der Waals surface area (Å²) in [5.74, 6) is 0.322. The fourth-order valence-corrected chi connectivity index (χ4v) is 3.24. The third kappa shape index (κ3) is 4.49. The van der Waals surface area contributed by atoms with Crippen molar-refractivity contribution >= 4 is 29.3 Å². The standard InChI is InChI=1S/C16H22N2O2S/c1-2-3-4-7-10-17-15(19)11-18-13-8-5-6-9-14(13)21-12-16(18)20/h5-6,8-9H,2-4,7,10-12H2,1H3,(H,17,19). The van der Waals surface area contributed by atoms with Crippen LogP contribution in [0.25, 0.3) is 0 Å². The van der Waals surface area contributed by atoms with Gasteiger partial charge in [-0.05, 0) is 18.6 Å². The van der Waals surface area contributed by atoms with E-state index in [9.17, 15) is 9.59 Å². The van der Waals surface area contributed by atoms with E-state index in [1.165, 1.54) is 24.6 Å². The van der Waals surface area contributed by atoms with E-state index in [0.29, 0.717) is 12.3 Å². The van der Waals surface area contributed by atoms with Crippen LogP contribution in [0.3, 0.4) is 0 Å². The zero-order chi connectivity index (χ0) is 15.1. The van der Waals surface area contributed by atoms with E-state index in [1.54, 1.807) is 4.90 Å². The maximum Gasteiger partial charge on any atom is 0.240 e. The first-order valence-corrected chi connectivity index (χ1v) is 8.50. The minimum Gasteiger partial charge on any atom is -0.355 e. The van der Waals surface area contributed by atoms with Gasteiger partial charge >= 0.3 is 0 Å². The molecule has 5 heteroatoms. The van der Waals surface area contributed by atoms with Crippen LogP contribution in [0.4, 0.5) is 5.69 Å². The Morgan fingerprint density at radius 3 is 2.90 bits per heavy atom. The Kier molecular flexibility index (Phi) is 6.11. The van der Waals surface area contributed by atoms with Crippen LogP contribution in [-0.2, 0) is 9.59 Å². The van der Waals surface area contributed by atoms with E-state index in [0.717, 1.165) is 23.4 Å². The average Bonchev–Trinajstić information content (AvgIpc) is 2.50. The first-order chi connectivity index (χ1) is 10.2. The summed E-state index contributed by atoms with van der Waals surface area (Å²) in [7, 11) is 0. The molecule has 0 atom stereocenters. The lowest BCUT2D eigenvalue weighted by Gasteiger charge is -2.28. The summed E-state index contributed by atoms with van der Waals surface area (Å²) >= 11 is 1.53. The Hall–Kier alpha value is -1.49. The zero-order valence-corrected chi connectivity index (χ0v) is 13.2. The van der Waals surface area contributed by atoms with Gasteiger partial charge in [-0.25, -0.2) is 0 Å². The van der Waals surface area contributed by atoms with Gasteiger partial charge in [0.1, 0.15) is 6.54 Å². The van der Waals surface area contributed by atoms with Crippen LogP contribution in [-0.4, -0.2) is 30.7 Å². The van der Waals surface area contributed by atoms with Crippen molar-refractivity contribution in [2.75, 3.05) is 23.7 Å². The molecule has 2 rings (SSSR count). The summed E-state index contributed by atoms with van der Waals surface area (Å²) in [5.41, 5.74) is 0.847. The Morgan fingerprint density at radius 2 is 2.10 bits per heavy atom. The Balaban J connectivity index is 1.87. The molecule has 1 aromatic carbocycles. The molecule has 0 saturated carbocycles. The van der Waals surface area contributed by atoms with Crippen LogP contribution in [0.15, 0.2) is 29.2 Å². The fraction of sp³-hybridized carbons (Fsp3) is 0.500. The molecule has 0 fully saturated rings. The van der Waals surface area contributed by atoms with Gasteiger partial charge in [-0.3, -0.25) is 9.59 Å². The highest BCUT2D eigenvalue weighted by molar-refractivity contribution is 8.00. The summed E-state index contributed by atoms with van der Waals surface area (Å²) in [6.45, 7) is 2.97. The minimum absolute atomic E-state index is 0.000155. The molecular weight excluding hydrogens is 284 g/mol. The molecule has 1 aromatic rings. The van der Waals surface area contributed by atoms with Crippen molar-refractivity contribution in [3.63, 3.8) is 0 Å². The quantitative estimate of drug-likeness (QED) is 0.788. The highest BCUT2D eigenvalue weighted by Crippen LogP contribution is 2.34. The van der Waals surface area contributed by atoms with Crippen molar-refractivity contribution in [2.45, 2.75) is 37.5 Å². The summed E-state index contributed by atoms with van der Waals surface area (Å²) in [6.07, 6.45) is 4.52. The van der Waals surface area contributed by atoms with Crippen LogP contribution in [0, 0.1) is 0 Å². The van der Waals surface area contributed by atoms with E-state index in [1.807, 2.05) is 24.3 Å². The van der Waals surface area contributed by atoms with Crippen LogP contribution in [0.5, 0.6) is 0 Å². The lowest BCUT2D eigenvalue weighted by atomic mass is 10.2. The van der Waals surface area contributed by atoms with Gasteiger partial charge in [0.2, 0.25) is 11.8 Å². The third-order valence-corrected chi connectivity index (χ3v) is 4.51. The normalized spacial score (nSPS) is 14.0. The Labute approximate surface area is 130 Å². The molecule has 2 amide bonds. The molecule has 1 aliphatic heterocycles. The number of benzene rings is 1. The van der Waals surface area contributed by atoms with Crippen molar-refractivity contribution < 1.29 is 9.59 Å². The lowest BCUT2D eigenvalue weighted by molar-refractivity contribution is -0.123. The summed E-state index contributed by atoms with van der Waals surface area (Å²) in [4.78, 5) is 26.7. The van der Waals surface area contributed by atoms with Crippen LogP contribution < -0.4 is 10.2 Å². The number of para-hydroxylation sites is 1. The van der Waals surface area contributed by atoms with Crippen molar-refractivity contribution in [1.82, 2.24) is 5.32 Å². The smallest absolute Gasteiger partial charge is 0.240 e. The third-order valence-electron chi connectivity index (χ3n) is 3.46. The maximum atomic E-state index is 12.0. The van der Waals surface area contributed by atoms with Crippen molar-refractivity contribution in [1.29, 1.82) is 0 Å². The summed E-state index contributed by atoms with van der Waals surface area (Å²) < 4.78 is 0. The molecule has 0 bridgehead atoms. The van der Waals surface area contributed by atoms with Gasteiger partial charge < -0.3 is 10.2 Å². The lowest BCUT2D eigenvalue weighted by Crippen LogP contribution is -2.43. The number of carbonyl (C=O) groups excluding carboxylic acids is 2. The summed E-state index contributed by atoms with van der Waals surface area (Å²) in [6, 6.07) is 7.73. The second-order valence-corrected chi connectivity index (χ2v) is 6.16. The van der Waals surface area contributed by atoms with E-state index < -0.39 is 0 Å². The van der Waals surface area contributed by atoms with Crippen LogP contribution >= 0.6 is 11.8 Å². The van der Waals surface area contributed by atoms with Crippen LogP contribution in [0.2, 0.25) is 0 Å². The number of nitrogens with one attached hydrogen (secondary N) is 1. The van der Waals surface area contributed by atoms with Crippen molar-refractivity contribution in [3.8, 4) is 0 Å². The molecular formula is C16H22N2O2S. The average molecular weight is 306 g/mol. The maximum absolute atomic E-state index is 12.0. The minimum atomic E-state index is -0.0819. The molecule has 1 heterocycles. The van der Waals surface area contributed by atoms with Gasteiger partial charge in [0.05, 0.1) is 11.4 Å². The topological polar surface area (TPSA) is 49.4 Å². The van der Waals surface area contributed by atoms with Gasteiger partial charge in [-0.15, -0.1) is 11.8 Å². The fourth-order valence-electron chi connectivity index (χ4n) is 2.31. The van der Waals surface area contributed by atoms with Crippen molar-refractivity contribution in [3.05, 3.63) is 24.3 Å². The SMILES string of the molecule is CCCCCCNC(=O)CN1C(=O)CSc2ccccc21. The molecule has 1 aliphatic rings. The van der Waals surface area contributed by atoms with Gasteiger partial charge in [0, 0.05) is 11.4 Å². The van der Waals surface area contributed by atoms with Gasteiger partial charge in [-0.2, -0.15) is 0 Å². The number of hydrogen-bond donors (Lipinski definition) is 1. The number of nitrogens with zero attached hydrogens (tertiary/aromatic N) is 1. The second kappa shape index (κ2) is 8.08. The predicted octanol–water partition coefficient (Wildman–Crippen LogP) is 2.82. The molecule has 0 saturated heterocycles. The van der Waals surface area contributed by atoms with E-state index >= 15 is 0 Å². The van der Waals surface area contributed by atoms with Gasteiger partial charge in [0.25, 0.3) is 0 Å². The number of hydrogen-bond acceptors (Lipinski definition) is 3. The number of thioether (sulfide) groups is 1. The number of rotatable bonds is 7. The van der Waals surface area contributed by atoms with Crippen molar-refractivity contribution in [2.24, 2.45) is 0 Å². The number of fused-ring (bicyclic) bond motifs is 1. The molecule has 4 nitrogen and oxygen atoms in total. The highest BCUT2D eigenvalue weighted by atomic mass is 32.2. The Morgan fingerprint density at radius 1 is 1.29 bits per heavy atom. The number of anilines is 1. The predicted molar refractivity (Wildman–Crippen MR) is 86.7 cm³/mol. The number of amides is 2. The van der Waals surface area contributed by atoms with Gasteiger partial charge in [-0.1, -0.05) is 38.3 Å². The van der Waals surface area contributed by atoms with Gasteiger partial charge in [0.15, 0.2) is 0 Å². The highest BCUT2D eigenvalue weighted by Gasteiger charge is 2.25. The van der Waals surface area contributed by atoms with E-state index in [4.69, 9.17) is 0 Å². The zero-order valence-electron chi connectivity index (χ0n) is 12.4. The molecule has 0 aliphatic carbocycles. The molecule has 0 unspecified atom stereocenters. The second-order valence-electron chi connectivity index (χ2n) is 5.15. The molecule has 21 heavy (non-hydrogen) atoms. The summed E-state index contributed by atoms with van der Waals surface area (Å²) in [5, 5.41) is 2.90. The monoisotopic (exact) mass is 306 g/mol. The van der Waals surface area contributed by atoms with E-state index in [-0.39, 0.29) is 18.4 Å².